The fourth-order valence-corrected chi connectivity index (χ4v) is 3.62. The number of aliphatic hydroxyl groups is 1. The van der Waals surface area contributed by atoms with Gasteiger partial charge in [-0.05, 0) is 29.8 Å². The Morgan fingerprint density at radius 3 is 2.55 bits per heavy atom. The van der Waals surface area contributed by atoms with Gasteiger partial charge in [-0.2, -0.15) is 0 Å². The number of benzene rings is 2. The first-order valence-electron chi connectivity index (χ1n) is 9.51. The molecule has 0 aromatic heterocycles. The number of aliphatic imine (C=N–C) groups is 1. The molecule has 0 aliphatic carbocycles. The van der Waals surface area contributed by atoms with E-state index >= 15 is 0 Å². The molecule has 0 radical (unpaired) electrons. The monoisotopic (exact) mass is 422 g/mol. The Hall–Kier alpha value is -2.22. The molecule has 1 aliphatic heterocycles. The molecule has 2 aromatic rings. The molecule has 5 nitrogen and oxygen atoms in total. The third-order valence-corrected chi connectivity index (χ3v) is 5.41. The van der Waals surface area contributed by atoms with Crippen molar-refractivity contribution in [1.29, 1.82) is 0 Å². The average Bonchev–Trinajstić information content (AvgIpc) is 2.73. The summed E-state index contributed by atoms with van der Waals surface area (Å²) in [6.45, 7) is 3.64. The third kappa shape index (κ3) is 5.44. The zero-order valence-electron chi connectivity index (χ0n) is 16.3. The highest BCUT2D eigenvalue weighted by Crippen LogP contribution is 2.21. The van der Waals surface area contributed by atoms with Crippen LogP contribution in [0.2, 0.25) is 5.02 Å². The van der Waals surface area contributed by atoms with Gasteiger partial charge in [0.1, 0.15) is 11.6 Å². The van der Waals surface area contributed by atoms with Crippen LogP contribution in [-0.4, -0.2) is 54.1 Å². The summed E-state index contributed by atoms with van der Waals surface area (Å²) in [6, 6.07) is 9.44. The first kappa shape index (κ1) is 21.5. The Labute approximate surface area is 174 Å². The van der Waals surface area contributed by atoms with Crippen molar-refractivity contribution in [1.82, 2.24) is 15.1 Å². The number of rotatable bonds is 5. The van der Waals surface area contributed by atoms with Crippen LogP contribution in [0.15, 0.2) is 41.4 Å². The van der Waals surface area contributed by atoms with Gasteiger partial charge >= 0.3 is 0 Å². The molecule has 8 heteroatoms. The molecule has 0 spiro atoms. The molecule has 0 saturated carbocycles. The SMILES string of the molecule is CN=C(NCc1ccc(F)c(CO)c1)N1CCN(Cc2c(F)cccc2Cl)CC1. The Kier molecular flexibility index (Phi) is 7.41. The fraction of sp³-hybridized carbons (Fsp3) is 0.381. The third-order valence-electron chi connectivity index (χ3n) is 5.06. The first-order chi connectivity index (χ1) is 14.0. The maximum atomic E-state index is 14.0. The molecule has 2 aromatic carbocycles. The molecule has 0 bridgehead atoms. The minimum absolute atomic E-state index is 0.278. The molecule has 2 N–H and O–H groups in total. The van der Waals surface area contributed by atoms with Gasteiger partial charge in [-0.1, -0.05) is 23.7 Å². The van der Waals surface area contributed by atoms with Crippen molar-refractivity contribution in [2.45, 2.75) is 19.7 Å². The van der Waals surface area contributed by atoms with Crippen LogP contribution in [0.25, 0.3) is 0 Å². The molecule has 1 saturated heterocycles. The van der Waals surface area contributed by atoms with Crippen molar-refractivity contribution < 1.29 is 13.9 Å². The van der Waals surface area contributed by atoms with Crippen molar-refractivity contribution in [3.8, 4) is 0 Å². The summed E-state index contributed by atoms with van der Waals surface area (Å²) in [5.74, 6) is 0.0640. The highest BCUT2D eigenvalue weighted by molar-refractivity contribution is 6.31. The summed E-state index contributed by atoms with van der Waals surface area (Å²) < 4.78 is 27.5. The van der Waals surface area contributed by atoms with E-state index in [-0.39, 0.29) is 18.0 Å². The lowest BCUT2D eigenvalue weighted by Gasteiger charge is -2.36. The van der Waals surface area contributed by atoms with Crippen molar-refractivity contribution in [2.24, 2.45) is 4.99 Å². The molecule has 1 aliphatic rings. The highest BCUT2D eigenvalue weighted by atomic mass is 35.5. The number of hydrogen-bond donors (Lipinski definition) is 2. The van der Waals surface area contributed by atoms with E-state index in [1.807, 2.05) is 0 Å². The molecule has 29 heavy (non-hydrogen) atoms. The Balaban J connectivity index is 1.54. The number of piperazine rings is 1. The topological polar surface area (TPSA) is 51.1 Å². The number of aliphatic hydroxyl groups excluding tert-OH is 1. The number of nitrogens with zero attached hydrogens (tertiary/aromatic N) is 3. The van der Waals surface area contributed by atoms with E-state index in [0.29, 0.717) is 23.7 Å². The largest absolute Gasteiger partial charge is 0.392 e. The summed E-state index contributed by atoms with van der Waals surface area (Å²) >= 11 is 6.14. The Bertz CT molecular complexity index is 850. The van der Waals surface area contributed by atoms with Gasteiger partial charge in [-0.15, -0.1) is 0 Å². The van der Waals surface area contributed by atoms with Crippen LogP contribution in [0.3, 0.4) is 0 Å². The fourth-order valence-electron chi connectivity index (χ4n) is 3.40. The minimum atomic E-state index is -0.410. The summed E-state index contributed by atoms with van der Waals surface area (Å²) in [5, 5.41) is 12.9. The maximum Gasteiger partial charge on any atom is 0.194 e. The summed E-state index contributed by atoms with van der Waals surface area (Å²) in [6.07, 6.45) is 0. The van der Waals surface area contributed by atoms with Crippen LogP contribution in [0, 0.1) is 11.6 Å². The number of nitrogens with one attached hydrogen (secondary N) is 1. The van der Waals surface area contributed by atoms with Gasteiger partial charge in [-0.25, -0.2) is 8.78 Å². The zero-order valence-corrected chi connectivity index (χ0v) is 17.1. The molecule has 3 rings (SSSR count). The molecular weight excluding hydrogens is 398 g/mol. The highest BCUT2D eigenvalue weighted by Gasteiger charge is 2.21. The van der Waals surface area contributed by atoms with Gasteiger partial charge in [0.05, 0.1) is 6.61 Å². The summed E-state index contributed by atoms with van der Waals surface area (Å²) in [5.41, 5.74) is 1.67. The number of guanidine groups is 1. The van der Waals surface area contributed by atoms with E-state index in [2.05, 4.69) is 20.1 Å². The normalized spacial score (nSPS) is 15.6. The lowest BCUT2D eigenvalue weighted by molar-refractivity contribution is 0.171. The number of hydrogen-bond acceptors (Lipinski definition) is 3. The van der Waals surface area contributed by atoms with Gasteiger partial charge in [0, 0.05) is 62.5 Å². The van der Waals surface area contributed by atoms with E-state index in [1.54, 1.807) is 31.3 Å². The predicted octanol–water partition coefficient (Wildman–Crippen LogP) is 3.00. The standard InChI is InChI=1S/C21H25ClF2N4O/c1-25-21(26-12-15-5-6-19(23)16(11-15)14-29)28-9-7-27(8-10-28)13-17-18(22)3-2-4-20(17)24/h2-6,11,29H,7-10,12-14H2,1H3,(H,25,26). The van der Waals surface area contributed by atoms with Crippen LogP contribution < -0.4 is 5.32 Å². The Morgan fingerprint density at radius 2 is 1.90 bits per heavy atom. The van der Waals surface area contributed by atoms with Crippen LogP contribution >= 0.6 is 11.6 Å². The van der Waals surface area contributed by atoms with Gasteiger partial charge < -0.3 is 15.3 Å². The van der Waals surface area contributed by atoms with Crippen LogP contribution in [0.1, 0.15) is 16.7 Å². The molecule has 0 amide bonds. The number of halogens is 3. The molecule has 1 heterocycles. The van der Waals surface area contributed by atoms with Crippen LogP contribution in [-0.2, 0) is 19.7 Å². The summed E-state index contributed by atoms with van der Waals surface area (Å²) in [7, 11) is 1.72. The first-order valence-corrected chi connectivity index (χ1v) is 9.88. The molecule has 1 fully saturated rings. The van der Waals surface area contributed by atoms with E-state index in [1.165, 1.54) is 12.1 Å². The average molecular weight is 423 g/mol. The van der Waals surface area contributed by atoms with E-state index in [0.717, 1.165) is 37.7 Å². The quantitative estimate of drug-likeness (QED) is 0.574. The second-order valence-corrected chi connectivity index (χ2v) is 7.36. The minimum Gasteiger partial charge on any atom is -0.392 e. The van der Waals surface area contributed by atoms with Crippen molar-refractivity contribution in [3.05, 3.63) is 69.7 Å². The van der Waals surface area contributed by atoms with Crippen LogP contribution in [0.5, 0.6) is 0 Å². The maximum absolute atomic E-state index is 14.0. The second-order valence-electron chi connectivity index (χ2n) is 6.95. The van der Waals surface area contributed by atoms with Crippen molar-refractivity contribution >= 4 is 17.6 Å². The second kappa shape index (κ2) is 10.0. The molecular formula is C21H25ClF2N4O. The van der Waals surface area contributed by atoms with Gasteiger partial charge in [0.15, 0.2) is 5.96 Å². The van der Waals surface area contributed by atoms with Gasteiger partial charge in [0.25, 0.3) is 0 Å². The summed E-state index contributed by atoms with van der Waals surface area (Å²) in [4.78, 5) is 8.64. The molecule has 0 atom stereocenters. The van der Waals surface area contributed by atoms with Crippen molar-refractivity contribution in [2.75, 3.05) is 33.2 Å². The Morgan fingerprint density at radius 1 is 1.14 bits per heavy atom. The van der Waals surface area contributed by atoms with Gasteiger partial charge in [0.2, 0.25) is 0 Å². The van der Waals surface area contributed by atoms with E-state index in [9.17, 15) is 13.9 Å². The van der Waals surface area contributed by atoms with E-state index < -0.39 is 5.82 Å². The lowest BCUT2D eigenvalue weighted by atomic mass is 10.1. The zero-order chi connectivity index (χ0) is 20.8. The molecule has 0 unspecified atom stereocenters. The molecule has 156 valence electrons. The van der Waals surface area contributed by atoms with Crippen molar-refractivity contribution in [3.63, 3.8) is 0 Å². The van der Waals surface area contributed by atoms with Gasteiger partial charge in [-0.3, -0.25) is 9.89 Å². The van der Waals surface area contributed by atoms with Crippen LogP contribution in [0.4, 0.5) is 8.78 Å². The van der Waals surface area contributed by atoms with E-state index in [4.69, 9.17) is 11.6 Å². The predicted molar refractivity (Wildman–Crippen MR) is 111 cm³/mol. The lowest BCUT2D eigenvalue weighted by Crippen LogP contribution is -2.52. The smallest absolute Gasteiger partial charge is 0.194 e.